The minimum atomic E-state index is -1.78. The maximum Gasteiger partial charge on any atom is 0.341 e. The van der Waals surface area contributed by atoms with Gasteiger partial charge in [0.15, 0.2) is 24.7 Å². The molecule has 11 rings (SSSR count). The van der Waals surface area contributed by atoms with E-state index in [-0.39, 0.29) is 86.1 Å². The van der Waals surface area contributed by atoms with Gasteiger partial charge in [-0.15, -0.1) is 0 Å². The number of aliphatic hydroxyl groups is 4. The topological polar surface area (TPSA) is 199 Å². The Hall–Kier alpha value is -5.41. The molecule has 4 N–H and O–H groups in total. The first-order valence-corrected chi connectivity index (χ1v) is 36.0. The van der Waals surface area contributed by atoms with E-state index in [1.54, 1.807) is 62.4 Å². The van der Waals surface area contributed by atoms with E-state index in [0.29, 0.717) is 36.8 Å². The minimum Gasteiger partial charge on any atom is -0.460 e. The molecule has 0 bridgehead atoms. The number of nitrogens with zero attached hydrogens (tertiary/aromatic N) is 2. The third-order valence-electron chi connectivity index (χ3n) is 18.7. The summed E-state index contributed by atoms with van der Waals surface area (Å²) in [5.74, 6) is -3.02. The summed E-state index contributed by atoms with van der Waals surface area (Å²) in [4.78, 5) is 10.6. The Morgan fingerprint density at radius 2 is 0.909 bits per heavy atom. The fraction of sp³-hybridized carbons (Fsp3) is 0.584. The van der Waals surface area contributed by atoms with Crippen LogP contribution in [0.1, 0.15) is 174 Å². The lowest BCUT2D eigenvalue weighted by atomic mass is 9.93. The molecule has 6 aliphatic heterocycles. The van der Waals surface area contributed by atoms with Crippen molar-refractivity contribution in [3.05, 3.63) is 179 Å². The van der Waals surface area contributed by atoms with Crippen LogP contribution in [-0.4, -0.2) is 148 Å². The van der Waals surface area contributed by atoms with Crippen LogP contribution in [0.5, 0.6) is 0 Å². The second-order valence-electron chi connectivity index (χ2n) is 26.2. The van der Waals surface area contributed by atoms with Gasteiger partial charge in [-0.3, -0.25) is 0 Å². The number of esters is 1. The molecule has 2 unspecified atom stereocenters. The van der Waals surface area contributed by atoms with E-state index in [4.69, 9.17) is 47.8 Å². The Morgan fingerprint density at radius 1 is 0.525 bits per heavy atom. The molecule has 24 atom stereocenters. The van der Waals surface area contributed by atoms with E-state index in [1.807, 2.05) is 145 Å². The summed E-state index contributed by atoms with van der Waals surface area (Å²) >= 11 is 0. The lowest BCUT2D eigenvalue weighted by Gasteiger charge is -2.37. The highest BCUT2D eigenvalue weighted by Gasteiger charge is 2.54. The van der Waals surface area contributed by atoms with E-state index in [9.17, 15) is 42.1 Å². The van der Waals surface area contributed by atoms with Gasteiger partial charge in [0, 0.05) is 35.4 Å². The number of carbonyl (C=O) groups is 1. The van der Waals surface area contributed by atoms with Gasteiger partial charge in [-0.25, -0.2) is 35.8 Å². The van der Waals surface area contributed by atoms with Gasteiger partial charge in [-0.05, 0) is 82.1 Å². The lowest BCUT2D eigenvalue weighted by Crippen LogP contribution is -2.37. The Morgan fingerprint density at radius 3 is 1.25 bits per heavy atom. The molecular weight excluding hydrogens is 1310 g/mol. The van der Waals surface area contributed by atoms with Crippen LogP contribution in [-0.2, 0) is 48.1 Å². The number of halogens is 6. The first kappa shape index (κ1) is 82.5. The molecule has 548 valence electrons. The quantitative estimate of drug-likeness (QED) is 0.0263. The molecule has 0 saturated carbocycles. The highest BCUT2D eigenvalue weighted by Crippen LogP contribution is 2.52. The third-order valence-corrected chi connectivity index (χ3v) is 20.8. The fourth-order valence-electron chi connectivity index (χ4n) is 13.0. The second-order valence-corrected chi connectivity index (χ2v) is 27.6. The summed E-state index contributed by atoms with van der Waals surface area (Å²) in [5.41, 5.74) is 3.73. The van der Waals surface area contributed by atoms with Crippen LogP contribution < -0.4 is 0 Å². The van der Waals surface area contributed by atoms with E-state index in [1.165, 1.54) is 0 Å². The number of hydrogen-bond donors (Lipinski definition) is 4. The van der Waals surface area contributed by atoms with Crippen LogP contribution in [0.2, 0.25) is 0 Å². The predicted octanol–water partition coefficient (Wildman–Crippen LogP) is 16.0. The van der Waals surface area contributed by atoms with Gasteiger partial charge >= 0.3 is 5.97 Å². The number of aliphatic hydroxyl groups excluding tert-OH is 3. The Kier molecular flexibility index (Phi) is 33.7. The summed E-state index contributed by atoms with van der Waals surface area (Å²) in [6.07, 6.45) is -11.2. The number of rotatable bonds is 19. The summed E-state index contributed by atoms with van der Waals surface area (Å²) < 4.78 is 131. The Balaban J connectivity index is 0.000000193. The van der Waals surface area contributed by atoms with Gasteiger partial charge in [0.05, 0.1) is 50.1 Å². The second kappa shape index (κ2) is 40.4. The molecular formula is C77H105F6N2O13P. The lowest BCUT2D eigenvalue weighted by molar-refractivity contribution is -0.223. The van der Waals surface area contributed by atoms with Crippen molar-refractivity contribution in [3.8, 4) is 6.07 Å². The maximum absolute atomic E-state index is 15.4. The molecule has 15 nitrogen and oxygen atoms in total. The van der Waals surface area contributed by atoms with Crippen molar-refractivity contribution in [1.82, 2.24) is 4.67 Å². The number of hydrogen-bond acceptors (Lipinski definition) is 15. The predicted molar refractivity (Wildman–Crippen MR) is 369 cm³/mol. The summed E-state index contributed by atoms with van der Waals surface area (Å²) in [6, 6.07) is 48.3. The van der Waals surface area contributed by atoms with Crippen molar-refractivity contribution in [2.24, 2.45) is 17.8 Å². The zero-order valence-electron chi connectivity index (χ0n) is 59.0. The molecule has 0 aliphatic carbocycles. The van der Waals surface area contributed by atoms with Crippen LogP contribution >= 0.6 is 8.53 Å². The summed E-state index contributed by atoms with van der Waals surface area (Å²) in [6.45, 7) is 23.3. The molecule has 99 heavy (non-hydrogen) atoms. The highest BCUT2D eigenvalue weighted by molar-refractivity contribution is 7.44. The number of benzene rings is 5. The minimum absolute atomic E-state index is 0.000191. The van der Waals surface area contributed by atoms with Crippen LogP contribution in [0, 0.1) is 29.1 Å². The first-order valence-electron chi connectivity index (χ1n) is 34.9. The SMILES string of the molecule is CC[C@H]1OC(=O)[C@H](F)[C@@H]1C.CC[C@H]1OC(O)(c2ccccc2)[C@H](F)[C@@H]1C.CC[C@H]1O[C@@H](c2ccccc2)[C@H](F)[C@@H]1C.CC[C@H]1O[C@@H](c2ccccc2)[C@H](F)[C@@H]1O.CC[C@H]1O[C@@H](c2ccccc2)[C@H](F)[C@@H]1OP(OCCC#N)N(C(C)C)C(C)C.OC[C@H]1O[C@@H](c2ccccc2)[C@H](F)[C@@H]1O. The monoisotopic (exact) mass is 1410 g/mol. The number of nitriles is 1. The molecule has 0 spiro atoms. The van der Waals surface area contributed by atoms with Gasteiger partial charge < -0.3 is 57.9 Å². The van der Waals surface area contributed by atoms with Crippen molar-refractivity contribution in [2.75, 3.05) is 13.2 Å². The van der Waals surface area contributed by atoms with Crippen LogP contribution in [0.25, 0.3) is 0 Å². The van der Waals surface area contributed by atoms with Crippen molar-refractivity contribution in [3.63, 3.8) is 0 Å². The smallest absolute Gasteiger partial charge is 0.341 e. The van der Waals surface area contributed by atoms with E-state index < -0.39 is 100 Å². The number of ether oxygens (including phenoxy) is 6. The number of cyclic esters (lactones) is 1. The molecule has 0 amide bonds. The molecule has 6 heterocycles. The van der Waals surface area contributed by atoms with Crippen LogP contribution in [0.15, 0.2) is 152 Å². The van der Waals surface area contributed by atoms with Crippen LogP contribution in [0.4, 0.5) is 26.3 Å². The van der Waals surface area contributed by atoms with Crippen molar-refractivity contribution >= 4 is 14.5 Å². The molecule has 6 aliphatic rings. The number of alkyl halides is 6. The van der Waals surface area contributed by atoms with Crippen molar-refractivity contribution < 1.29 is 89.0 Å². The number of carbonyl (C=O) groups excluding carboxylic acids is 1. The fourth-order valence-corrected chi connectivity index (χ4v) is 14.7. The van der Waals surface area contributed by atoms with Crippen molar-refractivity contribution in [2.45, 2.75) is 256 Å². The average Bonchev–Trinajstić information content (AvgIpc) is 1.64. The van der Waals surface area contributed by atoms with E-state index >= 15 is 4.39 Å². The average molecular weight is 1410 g/mol. The highest BCUT2D eigenvalue weighted by atomic mass is 31.2. The van der Waals surface area contributed by atoms with Gasteiger partial charge in [-0.1, -0.05) is 207 Å². The molecule has 6 fully saturated rings. The first-order chi connectivity index (χ1) is 47.4. The van der Waals surface area contributed by atoms with Gasteiger partial charge in [0.2, 0.25) is 12.0 Å². The maximum atomic E-state index is 15.4. The van der Waals surface area contributed by atoms with E-state index in [2.05, 4.69) is 38.4 Å². The Labute approximate surface area is 583 Å². The molecule has 6 saturated heterocycles. The largest absolute Gasteiger partial charge is 0.460 e. The molecule has 0 radical (unpaired) electrons. The van der Waals surface area contributed by atoms with Gasteiger partial charge in [0.25, 0.3) is 8.53 Å². The van der Waals surface area contributed by atoms with Gasteiger partial charge in [-0.2, -0.15) is 5.26 Å². The summed E-state index contributed by atoms with van der Waals surface area (Å²) in [7, 11) is -1.51. The third kappa shape index (κ3) is 21.4. The molecule has 22 heteroatoms. The molecule has 5 aromatic carbocycles. The zero-order valence-corrected chi connectivity index (χ0v) is 59.9. The molecule has 0 aromatic heterocycles. The molecule has 5 aromatic rings. The standard InChI is InChI=1S/C21H32FN2O3P.C13H17FO2.C13H17FO.C12H15FO2.C11H13FO3.C7H11FO2/c1-6-18-21(19(22)20(26-18)17-11-8-7-9-12-17)27-28(25-14-10-13-23)24(15(2)3)16(4)5;1-3-11-9(2)12(14)13(15,16-11)10-7-5-4-6-8-10;1-3-11-9(2)12(14)13(15-11)10-7-5-4-6-8-10;1-2-9-11(14)10(13)12(15-9)8-6-4-3-5-7-8;12-9-10(14)8(6-13)15-11(9)7-4-2-1-3-5-7;1-3-5-4(2)6(8)7(9)10-5/h7-9,11-12,15-16,18-21H,6,10,14H2,1-5H3;4-9,11-12,15H,3H2,1-2H3;4-9,11-13H,3H2,1-2H3;3-7,9-12,14H,2H2,1H3;1-5,8-11,13-14H,6H2;4-6H,3H2,1-2H3/t18-,19+,20+,21-,28?;9-,11-,12-,13?;9-,11-,12-,13+;9-,10-,11-,12+;8-,9-,10-,11+;4-,5-,6-/m111111/s1. The van der Waals surface area contributed by atoms with Gasteiger partial charge in [0.1, 0.15) is 61.1 Å². The van der Waals surface area contributed by atoms with Crippen LogP contribution in [0.3, 0.4) is 0 Å². The zero-order chi connectivity index (χ0) is 72.7. The van der Waals surface area contributed by atoms with E-state index in [0.717, 1.165) is 23.1 Å². The van der Waals surface area contributed by atoms with Crippen molar-refractivity contribution in [1.29, 1.82) is 5.26 Å². The summed E-state index contributed by atoms with van der Waals surface area (Å²) in [5, 5.41) is 47.0. The normalized spacial score (nSPS) is 33.9. The Bertz CT molecular complexity index is 2950.